The van der Waals surface area contributed by atoms with Crippen LogP contribution in [0.2, 0.25) is 0 Å². The molecular formula is C16H10O5. The zero-order valence-corrected chi connectivity index (χ0v) is 11.4. The van der Waals surface area contributed by atoms with Gasteiger partial charge in [0.2, 0.25) is 0 Å². The van der Waals surface area contributed by atoms with Gasteiger partial charge in [0.1, 0.15) is 16.9 Å². The molecule has 0 saturated heterocycles. The molecule has 0 N–H and O–H groups in total. The Kier molecular flexibility index (Phi) is 2.19. The first-order valence-corrected chi connectivity index (χ1v) is 6.40. The Morgan fingerprint density at radius 2 is 1.90 bits per heavy atom. The van der Waals surface area contributed by atoms with Crippen LogP contribution in [0.1, 0.15) is 26.3 Å². The van der Waals surface area contributed by atoms with Crippen LogP contribution in [-0.2, 0) is 4.74 Å². The van der Waals surface area contributed by atoms with Crippen LogP contribution in [0, 0.1) is 6.92 Å². The van der Waals surface area contributed by atoms with Gasteiger partial charge < -0.3 is 13.9 Å². The lowest BCUT2D eigenvalue weighted by Gasteiger charge is -2.00. The van der Waals surface area contributed by atoms with Crippen molar-refractivity contribution >= 4 is 33.9 Å². The van der Waals surface area contributed by atoms with Crippen molar-refractivity contribution in [1.82, 2.24) is 0 Å². The molecular weight excluding hydrogens is 272 g/mol. The minimum absolute atomic E-state index is 0.271. The molecule has 1 aliphatic rings. The highest BCUT2D eigenvalue weighted by atomic mass is 16.6. The molecule has 2 heterocycles. The number of ether oxygens (including phenoxy) is 2. The lowest BCUT2D eigenvalue weighted by molar-refractivity contribution is 0.0444. The number of methoxy groups -OCH3 is 1. The van der Waals surface area contributed by atoms with Gasteiger partial charge in [0.15, 0.2) is 0 Å². The SMILES string of the molecule is COc1ccc2oc3c(C)cc4c(c3c2c1)C(=O)OC4=O. The Morgan fingerprint density at radius 3 is 2.67 bits per heavy atom. The van der Waals surface area contributed by atoms with E-state index in [9.17, 15) is 9.59 Å². The summed E-state index contributed by atoms with van der Waals surface area (Å²) in [6, 6.07) is 6.98. The first kappa shape index (κ1) is 12.0. The Labute approximate surface area is 119 Å². The van der Waals surface area contributed by atoms with E-state index in [4.69, 9.17) is 13.9 Å². The molecule has 0 fully saturated rings. The van der Waals surface area contributed by atoms with Crippen LogP contribution in [0.4, 0.5) is 0 Å². The van der Waals surface area contributed by atoms with Gasteiger partial charge in [-0.3, -0.25) is 0 Å². The summed E-state index contributed by atoms with van der Waals surface area (Å²) < 4.78 is 15.7. The maximum Gasteiger partial charge on any atom is 0.347 e. The van der Waals surface area contributed by atoms with E-state index in [0.29, 0.717) is 22.3 Å². The molecule has 21 heavy (non-hydrogen) atoms. The molecule has 1 aromatic heterocycles. The Hall–Kier alpha value is -2.82. The van der Waals surface area contributed by atoms with Crippen molar-refractivity contribution in [2.24, 2.45) is 0 Å². The number of aryl methyl sites for hydroxylation is 1. The van der Waals surface area contributed by atoms with Crippen LogP contribution in [0.25, 0.3) is 21.9 Å². The van der Waals surface area contributed by atoms with E-state index in [1.54, 1.807) is 31.4 Å². The van der Waals surface area contributed by atoms with Gasteiger partial charge in [0.25, 0.3) is 0 Å². The minimum Gasteiger partial charge on any atom is -0.497 e. The Balaban J connectivity index is 2.25. The molecule has 0 spiro atoms. The van der Waals surface area contributed by atoms with Crippen molar-refractivity contribution < 1.29 is 23.5 Å². The van der Waals surface area contributed by atoms with Crippen molar-refractivity contribution in [1.29, 1.82) is 0 Å². The Morgan fingerprint density at radius 1 is 1.10 bits per heavy atom. The standard InChI is InChI=1S/C16H10O5/c1-7-5-10-13(16(18)21-15(10)17)12-9-6-8(19-2)3-4-11(9)20-14(7)12/h3-6H,1-2H3. The molecule has 0 radical (unpaired) electrons. The number of furan rings is 1. The molecule has 0 bridgehead atoms. The number of cyclic esters (lactones) is 2. The van der Waals surface area contributed by atoms with Crippen molar-refractivity contribution in [3.63, 3.8) is 0 Å². The van der Waals surface area contributed by atoms with Crippen LogP contribution in [0.15, 0.2) is 28.7 Å². The normalized spacial score (nSPS) is 13.8. The van der Waals surface area contributed by atoms with Crippen LogP contribution in [-0.4, -0.2) is 19.0 Å². The van der Waals surface area contributed by atoms with E-state index < -0.39 is 11.9 Å². The summed E-state index contributed by atoms with van der Waals surface area (Å²) >= 11 is 0. The summed E-state index contributed by atoms with van der Waals surface area (Å²) in [6.45, 7) is 1.83. The molecule has 2 aromatic carbocycles. The summed E-state index contributed by atoms with van der Waals surface area (Å²) in [7, 11) is 1.57. The van der Waals surface area contributed by atoms with Gasteiger partial charge >= 0.3 is 11.9 Å². The van der Waals surface area contributed by atoms with E-state index in [1.165, 1.54) is 0 Å². The monoisotopic (exact) mass is 282 g/mol. The number of carbonyl (C=O) groups is 2. The maximum atomic E-state index is 12.0. The van der Waals surface area contributed by atoms with E-state index in [1.807, 2.05) is 6.92 Å². The average molecular weight is 282 g/mol. The van der Waals surface area contributed by atoms with Gasteiger partial charge in [-0.2, -0.15) is 0 Å². The molecule has 1 aliphatic heterocycles. The number of rotatable bonds is 1. The van der Waals surface area contributed by atoms with Crippen molar-refractivity contribution in [3.8, 4) is 5.75 Å². The van der Waals surface area contributed by atoms with Crippen LogP contribution >= 0.6 is 0 Å². The number of carbonyl (C=O) groups excluding carboxylic acids is 2. The highest BCUT2D eigenvalue weighted by Crippen LogP contribution is 2.39. The topological polar surface area (TPSA) is 65.7 Å². The summed E-state index contributed by atoms with van der Waals surface area (Å²) in [4.78, 5) is 23.7. The fourth-order valence-electron chi connectivity index (χ4n) is 2.78. The number of fused-ring (bicyclic) bond motifs is 5. The lowest BCUT2D eigenvalue weighted by atomic mass is 9.99. The highest BCUT2D eigenvalue weighted by molar-refractivity contribution is 6.25. The molecule has 0 aliphatic carbocycles. The second-order valence-corrected chi connectivity index (χ2v) is 4.96. The number of hydrogen-bond donors (Lipinski definition) is 0. The van der Waals surface area contributed by atoms with E-state index in [0.717, 1.165) is 10.9 Å². The molecule has 0 saturated carbocycles. The fraction of sp³-hybridized carbons (Fsp3) is 0.125. The molecule has 0 atom stereocenters. The van der Waals surface area contributed by atoms with Crippen molar-refractivity contribution in [3.05, 3.63) is 41.0 Å². The zero-order valence-electron chi connectivity index (χ0n) is 11.4. The average Bonchev–Trinajstić information content (AvgIpc) is 2.97. The minimum atomic E-state index is -0.634. The zero-order chi connectivity index (χ0) is 14.7. The first-order chi connectivity index (χ1) is 10.1. The highest BCUT2D eigenvalue weighted by Gasteiger charge is 2.34. The Bertz CT molecular complexity index is 948. The number of esters is 2. The third-order valence-corrected chi connectivity index (χ3v) is 3.74. The van der Waals surface area contributed by atoms with E-state index >= 15 is 0 Å². The maximum absolute atomic E-state index is 12.0. The van der Waals surface area contributed by atoms with Gasteiger partial charge in [-0.25, -0.2) is 9.59 Å². The van der Waals surface area contributed by atoms with Crippen LogP contribution in [0.3, 0.4) is 0 Å². The predicted molar refractivity (Wildman–Crippen MR) is 74.8 cm³/mol. The smallest absolute Gasteiger partial charge is 0.347 e. The van der Waals surface area contributed by atoms with Crippen molar-refractivity contribution in [2.75, 3.05) is 7.11 Å². The summed E-state index contributed by atoms with van der Waals surface area (Å²) in [5.74, 6) is -0.596. The second kappa shape index (κ2) is 3.85. The number of hydrogen-bond acceptors (Lipinski definition) is 5. The molecule has 3 aromatic rings. The molecule has 5 heteroatoms. The molecule has 0 unspecified atom stereocenters. The van der Waals surface area contributed by atoms with Gasteiger partial charge in [-0.1, -0.05) is 0 Å². The van der Waals surface area contributed by atoms with E-state index in [2.05, 4.69) is 0 Å². The molecule has 4 rings (SSSR count). The van der Waals surface area contributed by atoms with Gasteiger partial charge in [-0.05, 0) is 36.8 Å². The summed E-state index contributed by atoms with van der Waals surface area (Å²) in [5.41, 5.74) is 2.56. The first-order valence-electron chi connectivity index (χ1n) is 6.40. The van der Waals surface area contributed by atoms with Gasteiger partial charge in [-0.15, -0.1) is 0 Å². The number of benzene rings is 2. The summed E-state index contributed by atoms with van der Waals surface area (Å²) in [6.07, 6.45) is 0. The molecule has 0 amide bonds. The second-order valence-electron chi connectivity index (χ2n) is 4.96. The molecule has 5 nitrogen and oxygen atoms in total. The van der Waals surface area contributed by atoms with Gasteiger partial charge in [0.05, 0.1) is 18.2 Å². The fourth-order valence-corrected chi connectivity index (χ4v) is 2.78. The lowest BCUT2D eigenvalue weighted by Crippen LogP contribution is -1.97. The van der Waals surface area contributed by atoms with E-state index in [-0.39, 0.29) is 11.1 Å². The quantitative estimate of drug-likeness (QED) is 0.506. The molecule has 104 valence electrons. The third kappa shape index (κ3) is 1.45. The van der Waals surface area contributed by atoms with Crippen molar-refractivity contribution in [2.45, 2.75) is 6.92 Å². The van der Waals surface area contributed by atoms with Crippen LogP contribution in [0.5, 0.6) is 5.75 Å². The third-order valence-electron chi connectivity index (χ3n) is 3.74. The van der Waals surface area contributed by atoms with Crippen LogP contribution < -0.4 is 4.74 Å². The largest absolute Gasteiger partial charge is 0.497 e. The summed E-state index contributed by atoms with van der Waals surface area (Å²) in [5, 5.41) is 1.34. The predicted octanol–water partition coefficient (Wildman–Crippen LogP) is 3.21. The van der Waals surface area contributed by atoms with Gasteiger partial charge in [0, 0.05) is 10.8 Å².